The minimum Gasteiger partial charge on any atom is -0.329 e. The molecule has 0 spiro atoms. The van der Waals surface area contributed by atoms with E-state index in [9.17, 15) is 0 Å². The maximum absolute atomic E-state index is 5.92. The van der Waals surface area contributed by atoms with Crippen LogP contribution in [-0.2, 0) is 6.54 Å². The van der Waals surface area contributed by atoms with Gasteiger partial charge in [-0.3, -0.25) is 9.80 Å². The predicted octanol–water partition coefficient (Wildman–Crippen LogP) is 1.90. The van der Waals surface area contributed by atoms with E-state index in [1.54, 1.807) is 11.3 Å². The van der Waals surface area contributed by atoms with E-state index in [1.165, 1.54) is 4.88 Å². The average Bonchev–Trinajstić information content (AvgIpc) is 2.67. The van der Waals surface area contributed by atoms with Gasteiger partial charge < -0.3 is 5.73 Å². The van der Waals surface area contributed by atoms with Crippen LogP contribution >= 0.6 is 35.3 Å². The van der Waals surface area contributed by atoms with Crippen LogP contribution in [0.3, 0.4) is 0 Å². The number of hydrogen-bond acceptors (Lipinski definition) is 4. The molecule has 1 aromatic rings. The third kappa shape index (κ3) is 4.73. The molecule has 0 bridgehead atoms. The molecular formula is C11H19Cl2N3S. The van der Waals surface area contributed by atoms with Crippen LogP contribution in [0, 0.1) is 0 Å². The van der Waals surface area contributed by atoms with E-state index in [2.05, 4.69) is 15.9 Å². The molecule has 1 aromatic heterocycles. The zero-order valence-corrected chi connectivity index (χ0v) is 12.2. The van der Waals surface area contributed by atoms with E-state index in [0.29, 0.717) is 0 Å². The van der Waals surface area contributed by atoms with Crippen molar-refractivity contribution in [2.45, 2.75) is 6.54 Å². The van der Waals surface area contributed by atoms with Crippen molar-refractivity contribution in [2.24, 2.45) is 5.73 Å². The van der Waals surface area contributed by atoms with Crippen molar-refractivity contribution in [3.63, 3.8) is 0 Å². The molecule has 1 saturated heterocycles. The Morgan fingerprint density at radius 3 is 2.35 bits per heavy atom. The number of piperazine rings is 1. The van der Waals surface area contributed by atoms with Gasteiger partial charge in [0.05, 0.1) is 4.34 Å². The van der Waals surface area contributed by atoms with Gasteiger partial charge in [-0.2, -0.15) is 0 Å². The monoisotopic (exact) mass is 295 g/mol. The minimum atomic E-state index is 0. The second-order valence-electron chi connectivity index (χ2n) is 4.11. The lowest BCUT2D eigenvalue weighted by Gasteiger charge is -2.34. The minimum absolute atomic E-state index is 0. The molecule has 17 heavy (non-hydrogen) atoms. The third-order valence-electron chi connectivity index (χ3n) is 2.92. The lowest BCUT2D eigenvalue weighted by molar-refractivity contribution is 0.130. The molecule has 0 aromatic carbocycles. The molecule has 3 nitrogen and oxygen atoms in total. The zero-order chi connectivity index (χ0) is 11.4. The van der Waals surface area contributed by atoms with Gasteiger partial charge in [0.25, 0.3) is 0 Å². The number of hydrogen-bond donors (Lipinski definition) is 1. The fraction of sp³-hybridized carbons (Fsp3) is 0.636. The van der Waals surface area contributed by atoms with Gasteiger partial charge in [0, 0.05) is 50.7 Å². The van der Waals surface area contributed by atoms with Gasteiger partial charge in [-0.15, -0.1) is 23.7 Å². The Kier molecular flexibility index (Phi) is 6.77. The molecule has 1 aliphatic heterocycles. The Morgan fingerprint density at radius 2 is 1.82 bits per heavy atom. The van der Waals surface area contributed by atoms with Crippen molar-refractivity contribution in [2.75, 3.05) is 39.3 Å². The highest BCUT2D eigenvalue weighted by Crippen LogP contribution is 2.22. The molecule has 0 atom stereocenters. The second-order valence-corrected chi connectivity index (χ2v) is 5.91. The van der Waals surface area contributed by atoms with Gasteiger partial charge in [-0.05, 0) is 12.1 Å². The van der Waals surface area contributed by atoms with Crippen LogP contribution in [-0.4, -0.2) is 49.1 Å². The van der Waals surface area contributed by atoms with Crippen molar-refractivity contribution in [3.05, 3.63) is 21.3 Å². The maximum atomic E-state index is 5.92. The summed E-state index contributed by atoms with van der Waals surface area (Å²) >= 11 is 7.60. The van der Waals surface area contributed by atoms with Crippen molar-refractivity contribution >= 4 is 35.3 Å². The molecule has 1 fully saturated rings. The Balaban J connectivity index is 0.00000144. The average molecular weight is 296 g/mol. The molecule has 0 unspecified atom stereocenters. The standard InChI is InChI=1S/C11H18ClN3S.ClH/c12-11-2-1-10(16-11)9-15-7-5-14(4-3-13)6-8-15;/h1-2H,3-9,13H2;1H. The summed E-state index contributed by atoms with van der Waals surface area (Å²) in [5.41, 5.74) is 5.55. The third-order valence-corrected chi connectivity index (χ3v) is 4.13. The second kappa shape index (κ2) is 7.56. The summed E-state index contributed by atoms with van der Waals surface area (Å²) in [5.74, 6) is 0. The summed E-state index contributed by atoms with van der Waals surface area (Å²) < 4.78 is 0.886. The fourth-order valence-electron chi connectivity index (χ4n) is 2.01. The number of nitrogens with two attached hydrogens (primary N) is 1. The number of thiophene rings is 1. The number of halogens is 2. The highest BCUT2D eigenvalue weighted by atomic mass is 35.5. The van der Waals surface area contributed by atoms with Gasteiger partial charge in [-0.25, -0.2) is 0 Å². The van der Waals surface area contributed by atoms with E-state index >= 15 is 0 Å². The van der Waals surface area contributed by atoms with Gasteiger partial charge in [0.2, 0.25) is 0 Å². The van der Waals surface area contributed by atoms with E-state index in [4.69, 9.17) is 17.3 Å². The van der Waals surface area contributed by atoms with Crippen LogP contribution < -0.4 is 5.73 Å². The SMILES string of the molecule is Cl.NCCN1CCN(Cc2ccc(Cl)s2)CC1. The van der Waals surface area contributed by atoms with Crippen molar-refractivity contribution in [1.82, 2.24) is 9.80 Å². The molecule has 0 amide bonds. The maximum Gasteiger partial charge on any atom is 0.0931 e. The first-order chi connectivity index (χ1) is 7.78. The number of nitrogens with zero attached hydrogens (tertiary/aromatic N) is 2. The van der Waals surface area contributed by atoms with Crippen molar-refractivity contribution in [3.8, 4) is 0 Å². The molecule has 0 saturated carbocycles. The largest absolute Gasteiger partial charge is 0.329 e. The Bertz CT molecular complexity index is 324. The Labute approximate surface area is 118 Å². The molecular weight excluding hydrogens is 277 g/mol. The first kappa shape index (κ1) is 15.2. The van der Waals surface area contributed by atoms with Crippen LogP contribution in [0.2, 0.25) is 4.34 Å². The van der Waals surface area contributed by atoms with Crippen LogP contribution in [0.25, 0.3) is 0 Å². The van der Waals surface area contributed by atoms with Crippen LogP contribution in [0.15, 0.2) is 12.1 Å². The summed E-state index contributed by atoms with van der Waals surface area (Å²) in [7, 11) is 0. The van der Waals surface area contributed by atoms with Crippen LogP contribution in [0.5, 0.6) is 0 Å². The van der Waals surface area contributed by atoms with E-state index in [1.807, 2.05) is 6.07 Å². The topological polar surface area (TPSA) is 32.5 Å². The summed E-state index contributed by atoms with van der Waals surface area (Å²) in [6, 6.07) is 4.10. The van der Waals surface area contributed by atoms with Crippen LogP contribution in [0.4, 0.5) is 0 Å². The summed E-state index contributed by atoms with van der Waals surface area (Å²) in [6.45, 7) is 7.37. The van der Waals surface area contributed by atoms with E-state index in [-0.39, 0.29) is 12.4 Å². The molecule has 6 heteroatoms. The quantitative estimate of drug-likeness (QED) is 0.921. The zero-order valence-electron chi connectivity index (χ0n) is 9.77. The highest BCUT2D eigenvalue weighted by molar-refractivity contribution is 7.16. The molecule has 2 heterocycles. The lowest BCUT2D eigenvalue weighted by atomic mass is 10.3. The molecule has 2 rings (SSSR count). The van der Waals surface area contributed by atoms with Gasteiger partial charge in [0.1, 0.15) is 0 Å². The molecule has 0 aliphatic carbocycles. The van der Waals surface area contributed by atoms with Gasteiger partial charge in [-0.1, -0.05) is 11.6 Å². The highest BCUT2D eigenvalue weighted by Gasteiger charge is 2.16. The summed E-state index contributed by atoms with van der Waals surface area (Å²) in [6.07, 6.45) is 0. The van der Waals surface area contributed by atoms with Crippen molar-refractivity contribution in [1.29, 1.82) is 0 Å². The van der Waals surface area contributed by atoms with E-state index in [0.717, 1.165) is 50.1 Å². The molecule has 98 valence electrons. The smallest absolute Gasteiger partial charge is 0.0931 e. The van der Waals surface area contributed by atoms with Crippen molar-refractivity contribution < 1.29 is 0 Å². The lowest BCUT2D eigenvalue weighted by Crippen LogP contribution is -2.47. The molecule has 0 radical (unpaired) electrons. The van der Waals surface area contributed by atoms with Gasteiger partial charge >= 0.3 is 0 Å². The number of rotatable bonds is 4. The Morgan fingerprint density at radius 1 is 1.18 bits per heavy atom. The predicted molar refractivity (Wildman–Crippen MR) is 77.3 cm³/mol. The summed E-state index contributed by atoms with van der Waals surface area (Å²) in [4.78, 5) is 6.27. The van der Waals surface area contributed by atoms with Crippen LogP contribution in [0.1, 0.15) is 4.88 Å². The normalized spacial score (nSPS) is 18.0. The molecule has 1 aliphatic rings. The Hall–Kier alpha value is 0.160. The summed E-state index contributed by atoms with van der Waals surface area (Å²) in [5, 5.41) is 0. The van der Waals surface area contributed by atoms with Gasteiger partial charge in [0.15, 0.2) is 0 Å². The first-order valence-electron chi connectivity index (χ1n) is 5.67. The fourth-order valence-corrected chi connectivity index (χ4v) is 3.14. The molecule has 2 N–H and O–H groups in total. The van der Waals surface area contributed by atoms with E-state index < -0.39 is 0 Å². The first-order valence-corrected chi connectivity index (χ1v) is 6.86.